The molecule has 1 aromatic carbocycles. The highest BCUT2D eigenvalue weighted by atomic mass is 16.3. The van der Waals surface area contributed by atoms with Crippen LogP contribution in [-0.4, -0.2) is 29.8 Å². The van der Waals surface area contributed by atoms with Gasteiger partial charge in [0, 0.05) is 12.1 Å². The molecule has 1 heterocycles. The second-order valence-corrected chi connectivity index (χ2v) is 4.85. The van der Waals surface area contributed by atoms with E-state index in [-0.39, 0.29) is 37.9 Å². The van der Waals surface area contributed by atoms with Gasteiger partial charge in [-0.05, 0) is 24.3 Å². The summed E-state index contributed by atoms with van der Waals surface area (Å²) in [7, 11) is 0. The van der Waals surface area contributed by atoms with Crippen LogP contribution in [-0.2, 0) is 11.3 Å². The van der Waals surface area contributed by atoms with E-state index in [2.05, 4.69) is 5.32 Å². The van der Waals surface area contributed by atoms with Crippen molar-refractivity contribution in [2.24, 2.45) is 0 Å². The Morgan fingerprint density at radius 2 is 1.96 bits per heavy atom. The number of amides is 2. The lowest BCUT2D eigenvalue weighted by molar-refractivity contribution is -0.130. The predicted octanol–water partition coefficient (Wildman–Crippen LogP) is 1.95. The van der Waals surface area contributed by atoms with Gasteiger partial charge in [0.05, 0.1) is 31.8 Å². The van der Waals surface area contributed by atoms with Crippen LogP contribution in [0.5, 0.6) is 0 Å². The maximum atomic E-state index is 12.3. The minimum Gasteiger partial charge on any atom is -0.467 e. The summed E-state index contributed by atoms with van der Waals surface area (Å²) in [5, 5.41) is 11.3. The van der Waals surface area contributed by atoms with Gasteiger partial charge in [-0.3, -0.25) is 9.59 Å². The van der Waals surface area contributed by atoms with Gasteiger partial charge in [-0.2, -0.15) is 5.26 Å². The number of carbonyl (C=O) groups excluding carboxylic acids is 2. The van der Waals surface area contributed by atoms with Crippen LogP contribution in [0.15, 0.2) is 53.1 Å². The van der Waals surface area contributed by atoms with Crippen LogP contribution in [0.1, 0.15) is 22.5 Å². The molecule has 0 aliphatic heterocycles. The number of carbonyl (C=O) groups is 2. The molecule has 0 saturated heterocycles. The maximum Gasteiger partial charge on any atom is 0.251 e. The summed E-state index contributed by atoms with van der Waals surface area (Å²) in [6, 6.07) is 14.2. The summed E-state index contributed by atoms with van der Waals surface area (Å²) in [5.74, 6) is 0.0591. The third-order valence-electron chi connectivity index (χ3n) is 3.21. The number of hydrogen-bond acceptors (Lipinski definition) is 4. The first-order valence-electron chi connectivity index (χ1n) is 7.21. The SMILES string of the molecule is N#CCCN(Cc1ccco1)C(=O)CNC(=O)c1ccccc1. The zero-order valence-electron chi connectivity index (χ0n) is 12.6. The number of benzene rings is 1. The zero-order valence-corrected chi connectivity index (χ0v) is 12.6. The van der Waals surface area contributed by atoms with Gasteiger partial charge in [-0.25, -0.2) is 0 Å². The fourth-order valence-corrected chi connectivity index (χ4v) is 2.03. The molecule has 0 saturated carbocycles. The van der Waals surface area contributed by atoms with Crippen LogP contribution in [0.25, 0.3) is 0 Å². The van der Waals surface area contributed by atoms with Crippen LogP contribution in [0.3, 0.4) is 0 Å². The van der Waals surface area contributed by atoms with E-state index in [1.54, 1.807) is 36.4 Å². The Morgan fingerprint density at radius 1 is 1.17 bits per heavy atom. The Hall–Kier alpha value is -3.07. The van der Waals surface area contributed by atoms with Crippen LogP contribution in [0.2, 0.25) is 0 Å². The van der Waals surface area contributed by atoms with Gasteiger partial charge < -0.3 is 14.6 Å². The highest BCUT2D eigenvalue weighted by molar-refractivity contribution is 5.96. The molecule has 0 spiro atoms. The molecular formula is C17H17N3O3. The standard InChI is InChI=1S/C17H17N3O3/c18-9-5-10-20(13-15-8-4-11-23-15)16(21)12-19-17(22)14-6-2-1-3-7-14/h1-4,6-8,11H,5,10,12-13H2,(H,19,22). The second-order valence-electron chi connectivity index (χ2n) is 4.85. The van der Waals surface area contributed by atoms with Gasteiger partial charge in [0.15, 0.2) is 0 Å². The molecule has 0 atom stereocenters. The lowest BCUT2D eigenvalue weighted by Crippen LogP contribution is -2.40. The number of nitrogens with zero attached hydrogens (tertiary/aromatic N) is 2. The van der Waals surface area contributed by atoms with Crippen molar-refractivity contribution in [3.8, 4) is 6.07 Å². The van der Waals surface area contributed by atoms with Gasteiger partial charge in [-0.15, -0.1) is 0 Å². The van der Waals surface area contributed by atoms with E-state index >= 15 is 0 Å². The Morgan fingerprint density at radius 3 is 2.61 bits per heavy atom. The van der Waals surface area contributed by atoms with E-state index in [0.717, 1.165) is 0 Å². The fourth-order valence-electron chi connectivity index (χ4n) is 2.03. The van der Waals surface area contributed by atoms with E-state index in [4.69, 9.17) is 9.68 Å². The molecule has 0 aliphatic rings. The summed E-state index contributed by atoms with van der Waals surface area (Å²) in [6.07, 6.45) is 1.75. The van der Waals surface area contributed by atoms with Crippen molar-refractivity contribution in [2.75, 3.05) is 13.1 Å². The molecule has 0 aliphatic carbocycles. The van der Waals surface area contributed by atoms with Crippen molar-refractivity contribution in [1.29, 1.82) is 5.26 Å². The fraction of sp³-hybridized carbons (Fsp3) is 0.235. The normalized spacial score (nSPS) is 9.87. The molecule has 2 aromatic rings. The molecule has 6 heteroatoms. The number of hydrogen-bond donors (Lipinski definition) is 1. The van der Waals surface area contributed by atoms with Crippen molar-refractivity contribution < 1.29 is 14.0 Å². The highest BCUT2D eigenvalue weighted by Crippen LogP contribution is 2.06. The van der Waals surface area contributed by atoms with Crippen molar-refractivity contribution in [3.05, 3.63) is 60.1 Å². The molecule has 0 radical (unpaired) electrons. The quantitative estimate of drug-likeness (QED) is 0.846. The van der Waals surface area contributed by atoms with Gasteiger partial charge in [0.1, 0.15) is 5.76 Å². The lowest BCUT2D eigenvalue weighted by atomic mass is 10.2. The summed E-state index contributed by atoms with van der Waals surface area (Å²) >= 11 is 0. The molecule has 1 aromatic heterocycles. The first-order valence-corrected chi connectivity index (χ1v) is 7.21. The molecule has 1 N–H and O–H groups in total. The highest BCUT2D eigenvalue weighted by Gasteiger charge is 2.16. The first-order chi connectivity index (χ1) is 11.2. The number of nitrogens with one attached hydrogen (secondary N) is 1. The summed E-state index contributed by atoms with van der Waals surface area (Å²) < 4.78 is 5.22. The smallest absolute Gasteiger partial charge is 0.251 e. The molecule has 0 fully saturated rings. The Kier molecular flexibility index (Phi) is 5.95. The van der Waals surface area contributed by atoms with E-state index < -0.39 is 0 Å². The summed E-state index contributed by atoms with van der Waals surface area (Å²) in [5.41, 5.74) is 0.495. The van der Waals surface area contributed by atoms with Crippen LogP contribution in [0.4, 0.5) is 0 Å². The van der Waals surface area contributed by atoms with Crippen LogP contribution >= 0.6 is 0 Å². The molecular weight excluding hydrogens is 294 g/mol. The second kappa shape index (κ2) is 8.39. The molecule has 2 rings (SSSR count). The van der Waals surface area contributed by atoms with Crippen molar-refractivity contribution >= 4 is 11.8 Å². The molecule has 6 nitrogen and oxygen atoms in total. The Bertz CT molecular complexity index is 675. The minimum absolute atomic E-state index is 0.125. The molecule has 0 unspecified atom stereocenters. The Labute approximate surface area is 134 Å². The maximum absolute atomic E-state index is 12.3. The molecule has 0 bridgehead atoms. The first kappa shape index (κ1) is 16.3. The number of furan rings is 1. The largest absolute Gasteiger partial charge is 0.467 e. The van der Waals surface area contributed by atoms with E-state index in [1.165, 1.54) is 11.2 Å². The van der Waals surface area contributed by atoms with Crippen molar-refractivity contribution in [3.63, 3.8) is 0 Å². The van der Waals surface area contributed by atoms with Gasteiger partial charge in [-0.1, -0.05) is 18.2 Å². The van der Waals surface area contributed by atoms with E-state index in [1.807, 2.05) is 12.1 Å². The molecule has 2 amide bonds. The monoisotopic (exact) mass is 311 g/mol. The molecule has 23 heavy (non-hydrogen) atoms. The van der Waals surface area contributed by atoms with Gasteiger partial charge in [0.25, 0.3) is 5.91 Å². The predicted molar refractivity (Wildman–Crippen MR) is 83.1 cm³/mol. The van der Waals surface area contributed by atoms with Gasteiger partial charge in [0.2, 0.25) is 5.91 Å². The Balaban J connectivity index is 1.92. The van der Waals surface area contributed by atoms with E-state index in [0.29, 0.717) is 11.3 Å². The van der Waals surface area contributed by atoms with Crippen LogP contribution < -0.4 is 5.32 Å². The van der Waals surface area contributed by atoms with Gasteiger partial charge >= 0.3 is 0 Å². The summed E-state index contributed by atoms with van der Waals surface area (Å²) in [6.45, 7) is 0.436. The summed E-state index contributed by atoms with van der Waals surface area (Å²) in [4.78, 5) is 25.7. The molecule has 118 valence electrons. The zero-order chi connectivity index (χ0) is 16.5. The van der Waals surface area contributed by atoms with Crippen molar-refractivity contribution in [2.45, 2.75) is 13.0 Å². The van der Waals surface area contributed by atoms with Crippen molar-refractivity contribution in [1.82, 2.24) is 10.2 Å². The third kappa shape index (κ3) is 5.00. The number of rotatable bonds is 7. The average molecular weight is 311 g/mol. The minimum atomic E-state index is -0.308. The number of nitriles is 1. The lowest BCUT2D eigenvalue weighted by Gasteiger charge is -2.20. The van der Waals surface area contributed by atoms with E-state index in [9.17, 15) is 9.59 Å². The topological polar surface area (TPSA) is 86.3 Å². The third-order valence-corrected chi connectivity index (χ3v) is 3.21. The average Bonchev–Trinajstić information content (AvgIpc) is 3.10. The van der Waals surface area contributed by atoms with Crippen LogP contribution in [0, 0.1) is 11.3 Å².